The summed E-state index contributed by atoms with van der Waals surface area (Å²) in [6, 6.07) is 10.2. The lowest BCUT2D eigenvalue weighted by Crippen LogP contribution is -2.41. The summed E-state index contributed by atoms with van der Waals surface area (Å²) < 4.78 is 5.78. The molecule has 0 radical (unpaired) electrons. The van der Waals surface area contributed by atoms with Gasteiger partial charge >= 0.3 is 0 Å². The van der Waals surface area contributed by atoms with Gasteiger partial charge in [-0.1, -0.05) is 32.0 Å². The first-order valence-corrected chi connectivity index (χ1v) is 8.75. The summed E-state index contributed by atoms with van der Waals surface area (Å²) in [4.78, 5) is 34.9. The summed E-state index contributed by atoms with van der Waals surface area (Å²) in [6.07, 6.45) is -0.665. The van der Waals surface area contributed by atoms with Crippen LogP contribution in [0, 0.1) is 0 Å². The van der Waals surface area contributed by atoms with E-state index in [0.717, 1.165) is 5.56 Å². The third-order valence-corrected chi connectivity index (χ3v) is 3.84. The van der Waals surface area contributed by atoms with Crippen LogP contribution in [0.1, 0.15) is 42.7 Å². The van der Waals surface area contributed by atoms with Crippen LogP contribution in [-0.2, 0) is 4.79 Å². The fourth-order valence-corrected chi connectivity index (χ4v) is 2.38. The predicted molar refractivity (Wildman–Crippen MR) is 101 cm³/mol. The maximum atomic E-state index is 12.2. The maximum Gasteiger partial charge on any atom is 0.271 e. The molecule has 0 aliphatic heterocycles. The Labute approximate surface area is 157 Å². The molecule has 1 unspecified atom stereocenters. The molecule has 2 aromatic rings. The van der Waals surface area contributed by atoms with Crippen molar-refractivity contribution in [3.8, 4) is 5.75 Å². The lowest BCUT2D eigenvalue weighted by Gasteiger charge is -2.18. The van der Waals surface area contributed by atoms with E-state index in [1.807, 2.05) is 24.3 Å². The molecule has 1 aromatic heterocycles. The largest absolute Gasteiger partial charge is 0.481 e. The topological polar surface area (TPSA) is 113 Å². The van der Waals surface area contributed by atoms with Gasteiger partial charge in [0.1, 0.15) is 11.4 Å². The van der Waals surface area contributed by atoms with E-state index in [9.17, 15) is 14.4 Å². The number of nitrogens with one attached hydrogen (secondary N) is 3. The molecule has 0 bridgehead atoms. The van der Waals surface area contributed by atoms with Gasteiger partial charge in [0.2, 0.25) is 0 Å². The maximum absolute atomic E-state index is 12.2. The molecule has 0 fully saturated rings. The number of carbonyl (C=O) groups is 2. The van der Waals surface area contributed by atoms with Crippen LogP contribution in [0.15, 0.2) is 41.2 Å². The molecule has 0 aliphatic rings. The van der Waals surface area contributed by atoms with Crippen molar-refractivity contribution in [3.63, 3.8) is 0 Å². The number of aromatic amines is 1. The van der Waals surface area contributed by atoms with E-state index < -0.39 is 12.0 Å². The second-order valence-corrected chi connectivity index (χ2v) is 6.31. The molecule has 0 spiro atoms. The van der Waals surface area contributed by atoms with E-state index >= 15 is 0 Å². The van der Waals surface area contributed by atoms with Gasteiger partial charge in [0, 0.05) is 19.2 Å². The molecule has 1 aromatic carbocycles. The van der Waals surface area contributed by atoms with E-state index in [1.165, 1.54) is 12.1 Å². The lowest BCUT2D eigenvalue weighted by molar-refractivity contribution is -0.127. The lowest BCUT2D eigenvalue weighted by atomic mass is 10.0. The second kappa shape index (κ2) is 9.51. The molecule has 3 N–H and O–H groups in total. The monoisotopic (exact) mass is 372 g/mol. The Morgan fingerprint density at radius 1 is 1.07 bits per heavy atom. The molecule has 1 atom stereocenters. The minimum absolute atomic E-state index is 0.0999. The quantitative estimate of drug-likeness (QED) is 0.603. The first-order chi connectivity index (χ1) is 12.9. The van der Waals surface area contributed by atoms with Crippen LogP contribution in [-0.4, -0.2) is 41.2 Å². The van der Waals surface area contributed by atoms with Crippen molar-refractivity contribution >= 4 is 11.8 Å². The van der Waals surface area contributed by atoms with Crippen molar-refractivity contribution in [3.05, 3.63) is 58.0 Å². The molecule has 2 rings (SSSR count). The molecule has 1 heterocycles. The van der Waals surface area contributed by atoms with Crippen molar-refractivity contribution in [2.45, 2.75) is 32.8 Å². The van der Waals surface area contributed by atoms with Gasteiger partial charge in [-0.05, 0) is 30.5 Å². The molecule has 144 valence electrons. The van der Waals surface area contributed by atoms with Crippen LogP contribution >= 0.6 is 0 Å². The van der Waals surface area contributed by atoms with Gasteiger partial charge in [0.05, 0.1) is 0 Å². The third kappa shape index (κ3) is 5.95. The number of hydrogen-bond acceptors (Lipinski definition) is 5. The van der Waals surface area contributed by atoms with Crippen molar-refractivity contribution < 1.29 is 14.3 Å². The van der Waals surface area contributed by atoms with Crippen LogP contribution in [0.3, 0.4) is 0 Å². The van der Waals surface area contributed by atoms with Gasteiger partial charge in [-0.15, -0.1) is 0 Å². The number of carbonyl (C=O) groups excluding carboxylic acids is 2. The van der Waals surface area contributed by atoms with Crippen LogP contribution in [0.2, 0.25) is 0 Å². The zero-order valence-electron chi connectivity index (χ0n) is 15.6. The van der Waals surface area contributed by atoms with Crippen LogP contribution < -0.4 is 20.9 Å². The van der Waals surface area contributed by atoms with Crippen molar-refractivity contribution in [2.24, 2.45) is 0 Å². The summed E-state index contributed by atoms with van der Waals surface area (Å²) in [6.45, 7) is 6.27. The fourth-order valence-electron chi connectivity index (χ4n) is 2.38. The standard InChI is InChI=1S/C19H24N4O4/c1-12(2)14-6-4-5-7-16(14)27-13(3)18(25)20-10-11-21-19(26)15-8-9-17(24)23-22-15/h4-9,12-13H,10-11H2,1-3H3,(H,20,25)(H,21,26)(H,23,24). The average Bonchev–Trinajstić information content (AvgIpc) is 2.65. The average molecular weight is 372 g/mol. The Morgan fingerprint density at radius 2 is 1.78 bits per heavy atom. The highest BCUT2D eigenvalue weighted by Gasteiger charge is 2.17. The van der Waals surface area contributed by atoms with Gasteiger partial charge in [-0.25, -0.2) is 5.10 Å². The Bertz CT molecular complexity index is 827. The number of H-pyrrole nitrogens is 1. The molecule has 8 heteroatoms. The number of aromatic nitrogens is 2. The van der Waals surface area contributed by atoms with Crippen LogP contribution in [0.5, 0.6) is 5.75 Å². The first kappa shape index (κ1) is 20.2. The number of ether oxygens (including phenoxy) is 1. The second-order valence-electron chi connectivity index (χ2n) is 6.31. The number of amides is 2. The highest BCUT2D eigenvalue weighted by Crippen LogP contribution is 2.26. The van der Waals surface area contributed by atoms with Crippen LogP contribution in [0.25, 0.3) is 0 Å². The van der Waals surface area contributed by atoms with E-state index in [-0.39, 0.29) is 36.2 Å². The normalized spacial score (nSPS) is 11.7. The highest BCUT2D eigenvalue weighted by atomic mass is 16.5. The Hall–Kier alpha value is -3.16. The molecule has 27 heavy (non-hydrogen) atoms. The van der Waals surface area contributed by atoms with Gasteiger partial charge in [-0.3, -0.25) is 14.4 Å². The summed E-state index contributed by atoms with van der Waals surface area (Å²) in [5.41, 5.74) is 0.757. The predicted octanol–water partition coefficient (Wildman–Crippen LogP) is 1.21. The zero-order chi connectivity index (χ0) is 19.8. The molecular weight excluding hydrogens is 348 g/mol. The summed E-state index contributed by atoms with van der Waals surface area (Å²) in [7, 11) is 0. The minimum Gasteiger partial charge on any atom is -0.481 e. The number of benzene rings is 1. The number of nitrogens with zero attached hydrogens (tertiary/aromatic N) is 1. The summed E-state index contributed by atoms with van der Waals surface area (Å²) in [5.74, 6) is 0.265. The fraction of sp³-hybridized carbons (Fsp3) is 0.368. The number of rotatable bonds is 8. The molecule has 0 saturated heterocycles. The molecule has 0 saturated carbocycles. The van der Waals surface area contributed by atoms with Crippen LogP contribution in [0.4, 0.5) is 0 Å². The van der Waals surface area contributed by atoms with E-state index in [0.29, 0.717) is 5.75 Å². The number of para-hydroxylation sites is 1. The molecule has 0 aliphatic carbocycles. The smallest absolute Gasteiger partial charge is 0.271 e. The van der Waals surface area contributed by atoms with E-state index in [2.05, 4.69) is 34.7 Å². The SMILES string of the molecule is CC(Oc1ccccc1C(C)C)C(=O)NCCNC(=O)c1ccc(=O)[nH]n1. The van der Waals surface area contributed by atoms with Crippen molar-refractivity contribution in [1.82, 2.24) is 20.8 Å². The molecule has 2 amide bonds. The zero-order valence-corrected chi connectivity index (χ0v) is 15.6. The van der Waals surface area contributed by atoms with E-state index in [1.54, 1.807) is 6.92 Å². The van der Waals surface area contributed by atoms with E-state index in [4.69, 9.17) is 4.74 Å². The third-order valence-electron chi connectivity index (χ3n) is 3.84. The van der Waals surface area contributed by atoms with Crippen molar-refractivity contribution in [1.29, 1.82) is 0 Å². The molecular formula is C19H24N4O4. The minimum atomic E-state index is -0.665. The van der Waals surface area contributed by atoms with Gasteiger partial charge in [-0.2, -0.15) is 5.10 Å². The Morgan fingerprint density at radius 3 is 2.44 bits per heavy atom. The first-order valence-electron chi connectivity index (χ1n) is 8.75. The highest BCUT2D eigenvalue weighted by molar-refractivity contribution is 5.92. The Kier molecular flexibility index (Phi) is 7.10. The summed E-state index contributed by atoms with van der Waals surface area (Å²) in [5, 5.41) is 11.1. The van der Waals surface area contributed by atoms with Crippen molar-refractivity contribution in [2.75, 3.05) is 13.1 Å². The summed E-state index contributed by atoms with van der Waals surface area (Å²) >= 11 is 0. The number of hydrogen-bond donors (Lipinski definition) is 3. The van der Waals surface area contributed by atoms with Gasteiger partial charge in [0.15, 0.2) is 6.10 Å². The molecule has 8 nitrogen and oxygen atoms in total. The van der Waals surface area contributed by atoms with Gasteiger partial charge in [0.25, 0.3) is 17.4 Å². The van der Waals surface area contributed by atoms with Gasteiger partial charge < -0.3 is 15.4 Å². The Balaban J connectivity index is 1.77.